The van der Waals surface area contributed by atoms with Crippen molar-refractivity contribution in [2.24, 2.45) is 5.73 Å². The smallest absolute Gasteiger partial charge is 0.165 e. The second-order valence-electron chi connectivity index (χ2n) is 3.16. The number of aromatic nitrogens is 2. The number of thioether (sulfide) groups is 1. The summed E-state index contributed by atoms with van der Waals surface area (Å²) in [6.07, 6.45) is 3.59. The second-order valence-corrected chi connectivity index (χ2v) is 4.12. The molecule has 4 heteroatoms. The minimum Gasteiger partial charge on any atom is -0.340 e. The van der Waals surface area contributed by atoms with E-state index in [-0.39, 0.29) is 0 Å². The number of hydrogen-bond donors (Lipinski definition) is 2. The Hall–Kier alpha value is -1.26. The van der Waals surface area contributed by atoms with Crippen molar-refractivity contribution < 1.29 is 0 Å². The van der Waals surface area contributed by atoms with Crippen LogP contribution in [-0.4, -0.2) is 9.97 Å². The highest BCUT2D eigenvalue weighted by Crippen LogP contribution is 2.20. The molecule has 0 saturated heterocycles. The first kappa shape index (κ1) is 10.3. The SMILES string of the molecule is NCc1ccccc1CSc1ncc[nH]1. The maximum absolute atomic E-state index is 5.67. The predicted octanol–water partition coefficient (Wildman–Crippen LogP) is 2.16. The first-order valence-electron chi connectivity index (χ1n) is 4.79. The lowest BCUT2D eigenvalue weighted by molar-refractivity contribution is 1.03. The molecule has 2 aromatic rings. The normalized spacial score (nSPS) is 10.5. The van der Waals surface area contributed by atoms with Gasteiger partial charge in [-0.3, -0.25) is 0 Å². The molecule has 0 bridgehead atoms. The zero-order valence-corrected chi connectivity index (χ0v) is 9.13. The minimum atomic E-state index is 0.592. The third-order valence-electron chi connectivity index (χ3n) is 2.18. The molecule has 0 spiro atoms. The first-order chi connectivity index (χ1) is 7.40. The van der Waals surface area contributed by atoms with E-state index in [1.807, 2.05) is 18.3 Å². The Bertz CT molecular complexity index is 412. The van der Waals surface area contributed by atoms with Gasteiger partial charge in [0.2, 0.25) is 0 Å². The molecule has 78 valence electrons. The number of imidazole rings is 1. The monoisotopic (exact) mass is 219 g/mol. The van der Waals surface area contributed by atoms with Gasteiger partial charge in [0.25, 0.3) is 0 Å². The number of aromatic amines is 1. The van der Waals surface area contributed by atoms with Crippen molar-refractivity contribution in [1.82, 2.24) is 9.97 Å². The molecule has 0 aliphatic carbocycles. The molecule has 2 rings (SSSR count). The second kappa shape index (κ2) is 5.00. The standard InChI is InChI=1S/C11H13N3S/c12-7-9-3-1-2-4-10(9)8-15-11-13-5-6-14-11/h1-6H,7-8,12H2,(H,13,14). The van der Waals surface area contributed by atoms with E-state index in [9.17, 15) is 0 Å². The maximum Gasteiger partial charge on any atom is 0.165 e. The highest BCUT2D eigenvalue weighted by molar-refractivity contribution is 7.98. The fourth-order valence-corrected chi connectivity index (χ4v) is 2.23. The van der Waals surface area contributed by atoms with Gasteiger partial charge < -0.3 is 10.7 Å². The minimum absolute atomic E-state index is 0.592. The molecule has 1 heterocycles. The van der Waals surface area contributed by atoms with Crippen molar-refractivity contribution >= 4 is 11.8 Å². The topological polar surface area (TPSA) is 54.7 Å². The van der Waals surface area contributed by atoms with Crippen LogP contribution in [0.15, 0.2) is 41.8 Å². The van der Waals surface area contributed by atoms with E-state index in [1.165, 1.54) is 11.1 Å². The molecule has 0 aliphatic rings. The molecule has 0 unspecified atom stereocenters. The Morgan fingerprint density at radius 3 is 2.73 bits per heavy atom. The van der Waals surface area contributed by atoms with Crippen LogP contribution in [0.4, 0.5) is 0 Å². The Morgan fingerprint density at radius 1 is 1.27 bits per heavy atom. The number of nitrogens with two attached hydrogens (primary N) is 1. The van der Waals surface area contributed by atoms with Crippen molar-refractivity contribution in [1.29, 1.82) is 0 Å². The number of nitrogens with one attached hydrogen (secondary N) is 1. The predicted molar refractivity (Wildman–Crippen MR) is 62.5 cm³/mol. The molecule has 3 nitrogen and oxygen atoms in total. The van der Waals surface area contributed by atoms with Gasteiger partial charge in [-0.15, -0.1) is 0 Å². The van der Waals surface area contributed by atoms with Gasteiger partial charge in [-0.05, 0) is 11.1 Å². The van der Waals surface area contributed by atoms with Crippen LogP contribution in [0.2, 0.25) is 0 Å². The Morgan fingerprint density at radius 2 is 2.07 bits per heavy atom. The lowest BCUT2D eigenvalue weighted by Gasteiger charge is -2.05. The summed E-state index contributed by atoms with van der Waals surface area (Å²) >= 11 is 1.69. The molecular formula is C11H13N3S. The van der Waals surface area contributed by atoms with E-state index < -0.39 is 0 Å². The zero-order valence-electron chi connectivity index (χ0n) is 8.31. The number of nitrogens with zero attached hydrogens (tertiary/aromatic N) is 1. The number of rotatable bonds is 4. The van der Waals surface area contributed by atoms with Crippen LogP contribution in [0.3, 0.4) is 0 Å². The van der Waals surface area contributed by atoms with Gasteiger partial charge in [0, 0.05) is 24.7 Å². The van der Waals surface area contributed by atoms with E-state index in [0.717, 1.165) is 10.9 Å². The van der Waals surface area contributed by atoms with Crippen LogP contribution in [0.5, 0.6) is 0 Å². The van der Waals surface area contributed by atoms with Crippen molar-refractivity contribution in [2.45, 2.75) is 17.5 Å². The molecule has 0 aliphatic heterocycles. The summed E-state index contributed by atoms with van der Waals surface area (Å²) in [6.45, 7) is 0.592. The van der Waals surface area contributed by atoms with Crippen LogP contribution in [0.1, 0.15) is 11.1 Å². The highest BCUT2D eigenvalue weighted by atomic mass is 32.2. The third kappa shape index (κ3) is 2.61. The maximum atomic E-state index is 5.67. The summed E-state index contributed by atoms with van der Waals surface area (Å²) in [6, 6.07) is 8.23. The quantitative estimate of drug-likeness (QED) is 0.775. The van der Waals surface area contributed by atoms with Gasteiger partial charge in [0.1, 0.15) is 0 Å². The first-order valence-corrected chi connectivity index (χ1v) is 5.77. The Labute approximate surface area is 93.1 Å². The van der Waals surface area contributed by atoms with E-state index in [2.05, 4.69) is 22.1 Å². The van der Waals surface area contributed by atoms with Crippen molar-refractivity contribution in [3.8, 4) is 0 Å². The van der Waals surface area contributed by atoms with Gasteiger partial charge >= 0.3 is 0 Å². The summed E-state index contributed by atoms with van der Waals surface area (Å²) in [7, 11) is 0. The molecular weight excluding hydrogens is 206 g/mol. The number of benzene rings is 1. The van der Waals surface area contributed by atoms with Crippen molar-refractivity contribution in [3.05, 3.63) is 47.8 Å². The highest BCUT2D eigenvalue weighted by Gasteiger charge is 2.01. The summed E-state index contributed by atoms with van der Waals surface area (Å²) in [5, 5.41) is 0.946. The molecule has 3 N–H and O–H groups in total. The molecule has 0 fully saturated rings. The number of hydrogen-bond acceptors (Lipinski definition) is 3. The molecule has 15 heavy (non-hydrogen) atoms. The van der Waals surface area contributed by atoms with Crippen molar-refractivity contribution in [2.75, 3.05) is 0 Å². The zero-order chi connectivity index (χ0) is 10.5. The van der Waals surface area contributed by atoms with Gasteiger partial charge in [0.05, 0.1) is 0 Å². The van der Waals surface area contributed by atoms with Gasteiger partial charge in [0.15, 0.2) is 5.16 Å². The van der Waals surface area contributed by atoms with Crippen molar-refractivity contribution in [3.63, 3.8) is 0 Å². The summed E-state index contributed by atoms with van der Waals surface area (Å²) < 4.78 is 0. The Balaban J connectivity index is 2.04. The molecule has 0 radical (unpaired) electrons. The average molecular weight is 219 g/mol. The summed E-state index contributed by atoms with van der Waals surface area (Å²) in [5.74, 6) is 0.904. The van der Waals surface area contributed by atoms with Crippen LogP contribution in [0.25, 0.3) is 0 Å². The largest absolute Gasteiger partial charge is 0.340 e. The summed E-state index contributed by atoms with van der Waals surface area (Å²) in [5.41, 5.74) is 8.15. The third-order valence-corrected chi connectivity index (χ3v) is 3.13. The molecule has 0 saturated carbocycles. The van der Waals surface area contributed by atoms with Crippen LogP contribution in [-0.2, 0) is 12.3 Å². The van der Waals surface area contributed by atoms with Gasteiger partial charge in [-0.2, -0.15) is 0 Å². The van der Waals surface area contributed by atoms with Crippen LogP contribution in [0, 0.1) is 0 Å². The van der Waals surface area contributed by atoms with Crippen LogP contribution >= 0.6 is 11.8 Å². The van der Waals surface area contributed by atoms with Gasteiger partial charge in [-0.25, -0.2) is 4.98 Å². The Kier molecular flexibility index (Phi) is 3.42. The lowest BCUT2D eigenvalue weighted by Crippen LogP contribution is -2.00. The molecule has 1 aromatic carbocycles. The van der Waals surface area contributed by atoms with Crippen LogP contribution < -0.4 is 5.73 Å². The summed E-state index contributed by atoms with van der Waals surface area (Å²) in [4.78, 5) is 7.23. The molecule has 0 amide bonds. The fourth-order valence-electron chi connectivity index (χ4n) is 1.37. The fraction of sp³-hybridized carbons (Fsp3) is 0.182. The van der Waals surface area contributed by atoms with E-state index >= 15 is 0 Å². The molecule has 0 atom stereocenters. The lowest BCUT2D eigenvalue weighted by atomic mass is 10.1. The van der Waals surface area contributed by atoms with E-state index in [0.29, 0.717) is 6.54 Å². The average Bonchev–Trinajstić information content (AvgIpc) is 2.79. The van der Waals surface area contributed by atoms with Gasteiger partial charge in [-0.1, -0.05) is 36.0 Å². The van der Waals surface area contributed by atoms with E-state index in [4.69, 9.17) is 5.73 Å². The van der Waals surface area contributed by atoms with E-state index in [1.54, 1.807) is 18.0 Å². The number of H-pyrrole nitrogens is 1. The molecule has 1 aromatic heterocycles.